The molecular formula is C28H27ClN2O3. The predicted octanol–water partition coefficient (Wildman–Crippen LogP) is 6.31. The van der Waals surface area contributed by atoms with Gasteiger partial charge in [0, 0.05) is 17.1 Å². The molecule has 0 spiro atoms. The van der Waals surface area contributed by atoms with E-state index in [4.69, 9.17) is 26.1 Å². The first kappa shape index (κ1) is 23.6. The van der Waals surface area contributed by atoms with Crippen molar-refractivity contribution in [3.8, 4) is 22.9 Å². The van der Waals surface area contributed by atoms with Gasteiger partial charge in [-0.1, -0.05) is 35.9 Å². The molecule has 0 atom stereocenters. The zero-order chi connectivity index (χ0) is 23.9. The second kappa shape index (κ2) is 11.0. The lowest BCUT2D eigenvalue weighted by Crippen LogP contribution is -2.24. The number of aromatic nitrogens is 2. The number of hydrogen-bond donors (Lipinski definition) is 0. The SMILES string of the molecule is C=CCc1ccc(OCCCCn2c(-c3ccc(Cl)cc3)nc3ccccc3c2=O)c(OC)c1. The number of para-hydroxylation sites is 1. The van der Waals surface area contributed by atoms with Crippen LogP contribution in [0.2, 0.25) is 5.02 Å². The second-order valence-corrected chi connectivity index (χ2v) is 8.39. The number of nitrogens with zero attached hydrogens (tertiary/aromatic N) is 2. The van der Waals surface area contributed by atoms with Crippen molar-refractivity contribution in [2.75, 3.05) is 13.7 Å². The Balaban J connectivity index is 1.49. The van der Waals surface area contributed by atoms with Gasteiger partial charge >= 0.3 is 0 Å². The minimum atomic E-state index is -0.0454. The Labute approximate surface area is 204 Å². The fourth-order valence-electron chi connectivity index (χ4n) is 3.87. The van der Waals surface area contributed by atoms with Gasteiger partial charge in [0.1, 0.15) is 5.82 Å². The van der Waals surface area contributed by atoms with E-state index in [-0.39, 0.29) is 5.56 Å². The first-order valence-electron chi connectivity index (χ1n) is 11.3. The largest absolute Gasteiger partial charge is 0.493 e. The smallest absolute Gasteiger partial charge is 0.261 e. The molecule has 5 nitrogen and oxygen atoms in total. The number of allylic oxidation sites excluding steroid dienone is 1. The third-order valence-electron chi connectivity index (χ3n) is 5.61. The molecule has 0 saturated heterocycles. The first-order chi connectivity index (χ1) is 16.6. The van der Waals surface area contributed by atoms with Crippen LogP contribution in [0.4, 0.5) is 0 Å². The summed E-state index contributed by atoms with van der Waals surface area (Å²) in [5.74, 6) is 2.06. The highest BCUT2D eigenvalue weighted by atomic mass is 35.5. The van der Waals surface area contributed by atoms with Gasteiger partial charge in [-0.15, -0.1) is 6.58 Å². The number of methoxy groups -OCH3 is 1. The highest BCUT2D eigenvalue weighted by Gasteiger charge is 2.13. The normalized spacial score (nSPS) is 10.9. The van der Waals surface area contributed by atoms with Crippen molar-refractivity contribution in [1.82, 2.24) is 9.55 Å². The van der Waals surface area contributed by atoms with Crippen molar-refractivity contribution >= 4 is 22.5 Å². The molecule has 0 fully saturated rings. The minimum Gasteiger partial charge on any atom is -0.493 e. The van der Waals surface area contributed by atoms with Gasteiger partial charge in [0.15, 0.2) is 11.5 Å². The summed E-state index contributed by atoms with van der Waals surface area (Å²) in [6.07, 6.45) is 4.17. The molecule has 4 aromatic rings. The Morgan fingerprint density at radius 2 is 1.82 bits per heavy atom. The maximum Gasteiger partial charge on any atom is 0.261 e. The van der Waals surface area contributed by atoms with Crippen LogP contribution in [0.5, 0.6) is 11.5 Å². The van der Waals surface area contributed by atoms with E-state index in [0.717, 1.165) is 30.4 Å². The zero-order valence-corrected chi connectivity index (χ0v) is 19.9. The van der Waals surface area contributed by atoms with E-state index < -0.39 is 0 Å². The Hall–Kier alpha value is -3.57. The predicted molar refractivity (Wildman–Crippen MR) is 138 cm³/mol. The van der Waals surface area contributed by atoms with Crippen molar-refractivity contribution in [3.63, 3.8) is 0 Å². The van der Waals surface area contributed by atoms with Gasteiger partial charge in [-0.25, -0.2) is 4.98 Å². The number of unbranched alkanes of at least 4 members (excludes halogenated alkanes) is 1. The lowest BCUT2D eigenvalue weighted by atomic mass is 10.1. The monoisotopic (exact) mass is 474 g/mol. The van der Waals surface area contributed by atoms with Crippen LogP contribution >= 0.6 is 11.6 Å². The van der Waals surface area contributed by atoms with Gasteiger partial charge in [0.2, 0.25) is 0 Å². The van der Waals surface area contributed by atoms with E-state index in [1.54, 1.807) is 11.7 Å². The Kier molecular flexibility index (Phi) is 7.65. The average Bonchev–Trinajstić information content (AvgIpc) is 2.86. The number of benzene rings is 3. The van der Waals surface area contributed by atoms with Crippen LogP contribution in [0.1, 0.15) is 18.4 Å². The van der Waals surface area contributed by atoms with Crippen LogP contribution in [0.25, 0.3) is 22.3 Å². The Morgan fingerprint density at radius 3 is 2.59 bits per heavy atom. The summed E-state index contributed by atoms with van der Waals surface area (Å²) in [4.78, 5) is 18.1. The standard InChI is InChI=1S/C28H27ClN2O3/c1-3-8-20-11-16-25(26(19-20)33-2)34-18-7-6-17-31-27(21-12-14-22(29)15-13-21)30-24-10-5-4-9-23(24)28(31)32/h3-5,9-16,19H,1,6-8,17-18H2,2H3. The van der Waals surface area contributed by atoms with Crippen molar-refractivity contribution < 1.29 is 9.47 Å². The van der Waals surface area contributed by atoms with Crippen LogP contribution in [0.3, 0.4) is 0 Å². The summed E-state index contributed by atoms with van der Waals surface area (Å²) < 4.78 is 13.2. The summed E-state index contributed by atoms with van der Waals surface area (Å²) in [7, 11) is 1.64. The van der Waals surface area contributed by atoms with Crippen molar-refractivity contribution in [1.29, 1.82) is 0 Å². The molecule has 1 aromatic heterocycles. The van der Waals surface area contributed by atoms with Gasteiger partial charge in [0.25, 0.3) is 5.56 Å². The molecule has 0 amide bonds. The molecule has 0 bridgehead atoms. The molecule has 0 saturated carbocycles. The molecule has 3 aromatic carbocycles. The van der Waals surface area contributed by atoms with E-state index in [1.807, 2.05) is 72.8 Å². The third-order valence-corrected chi connectivity index (χ3v) is 5.86. The fraction of sp³-hybridized carbons (Fsp3) is 0.214. The maximum absolute atomic E-state index is 13.3. The van der Waals surface area contributed by atoms with Crippen LogP contribution in [0, 0.1) is 0 Å². The molecule has 0 aliphatic carbocycles. The van der Waals surface area contributed by atoms with Gasteiger partial charge in [-0.05, 0) is 73.4 Å². The third kappa shape index (κ3) is 5.32. The summed E-state index contributed by atoms with van der Waals surface area (Å²) in [5.41, 5.74) is 2.62. The fourth-order valence-corrected chi connectivity index (χ4v) is 4.00. The summed E-state index contributed by atoms with van der Waals surface area (Å²) in [6, 6.07) is 20.7. The zero-order valence-electron chi connectivity index (χ0n) is 19.2. The molecule has 34 heavy (non-hydrogen) atoms. The molecule has 6 heteroatoms. The van der Waals surface area contributed by atoms with E-state index >= 15 is 0 Å². The van der Waals surface area contributed by atoms with Crippen molar-refractivity contribution in [2.24, 2.45) is 0 Å². The van der Waals surface area contributed by atoms with Gasteiger partial charge in [-0.2, -0.15) is 0 Å². The second-order valence-electron chi connectivity index (χ2n) is 7.95. The van der Waals surface area contributed by atoms with Gasteiger partial charge in [-0.3, -0.25) is 9.36 Å². The van der Waals surface area contributed by atoms with Gasteiger partial charge in [0.05, 0.1) is 24.6 Å². The molecule has 0 N–H and O–H groups in total. The number of fused-ring (bicyclic) bond motifs is 1. The summed E-state index contributed by atoms with van der Waals surface area (Å²) in [5, 5.41) is 1.25. The number of hydrogen-bond acceptors (Lipinski definition) is 4. The molecular weight excluding hydrogens is 448 g/mol. The van der Waals surface area contributed by atoms with Crippen LogP contribution in [-0.2, 0) is 13.0 Å². The lowest BCUT2D eigenvalue weighted by molar-refractivity contribution is 0.283. The number of rotatable bonds is 10. The highest BCUT2D eigenvalue weighted by molar-refractivity contribution is 6.30. The average molecular weight is 475 g/mol. The van der Waals surface area contributed by atoms with Crippen molar-refractivity contribution in [2.45, 2.75) is 25.8 Å². The molecule has 174 valence electrons. The summed E-state index contributed by atoms with van der Waals surface area (Å²) in [6.45, 7) is 4.83. The van der Waals surface area contributed by atoms with Crippen LogP contribution < -0.4 is 15.0 Å². The first-order valence-corrected chi connectivity index (χ1v) is 11.6. The topological polar surface area (TPSA) is 53.4 Å². The van der Waals surface area contributed by atoms with Crippen LogP contribution in [0.15, 0.2) is 84.2 Å². The Morgan fingerprint density at radius 1 is 1.03 bits per heavy atom. The molecule has 0 aliphatic heterocycles. The summed E-state index contributed by atoms with van der Waals surface area (Å²) >= 11 is 6.06. The molecule has 0 aliphatic rings. The lowest BCUT2D eigenvalue weighted by Gasteiger charge is -2.15. The Bertz CT molecular complexity index is 1350. The molecule has 0 unspecified atom stereocenters. The van der Waals surface area contributed by atoms with Crippen molar-refractivity contribution in [3.05, 3.63) is 100 Å². The number of halogens is 1. The van der Waals surface area contributed by atoms with Gasteiger partial charge < -0.3 is 9.47 Å². The minimum absolute atomic E-state index is 0.0454. The van der Waals surface area contributed by atoms with E-state index in [0.29, 0.717) is 46.4 Å². The molecule has 1 heterocycles. The van der Waals surface area contributed by atoms with E-state index in [9.17, 15) is 4.79 Å². The quantitative estimate of drug-likeness (QED) is 0.199. The van der Waals surface area contributed by atoms with Crippen LogP contribution in [-0.4, -0.2) is 23.3 Å². The van der Waals surface area contributed by atoms with E-state index in [1.165, 1.54) is 0 Å². The number of ether oxygens (including phenoxy) is 2. The maximum atomic E-state index is 13.3. The molecule has 4 rings (SSSR count). The molecule has 0 radical (unpaired) electrons. The van der Waals surface area contributed by atoms with E-state index in [2.05, 4.69) is 6.58 Å². The highest BCUT2D eigenvalue weighted by Crippen LogP contribution is 2.28.